The Morgan fingerprint density at radius 2 is 2.04 bits per heavy atom. The van der Waals surface area contributed by atoms with Crippen molar-refractivity contribution in [3.63, 3.8) is 0 Å². The molecule has 4 rings (SSSR count). The molecule has 1 aliphatic rings. The van der Waals surface area contributed by atoms with Gasteiger partial charge < -0.3 is 10.3 Å². The van der Waals surface area contributed by atoms with Crippen LogP contribution in [0.4, 0.5) is 5.69 Å². The minimum Gasteiger partial charge on any atom is -0.398 e. The van der Waals surface area contributed by atoms with Crippen LogP contribution in [0, 0.1) is 6.92 Å². The van der Waals surface area contributed by atoms with Crippen molar-refractivity contribution in [1.29, 1.82) is 0 Å². The van der Waals surface area contributed by atoms with E-state index < -0.39 is 0 Å². The minimum atomic E-state index is 0.944. The number of fused-ring (bicyclic) bond motifs is 4. The van der Waals surface area contributed by atoms with Crippen molar-refractivity contribution in [2.75, 3.05) is 5.73 Å². The van der Waals surface area contributed by atoms with E-state index in [2.05, 4.69) is 49.6 Å². The summed E-state index contributed by atoms with van der Waals surface area (Å²) < 4.78 is 2.37. The van der Waals surface area contributed by atoms with Gasteiger partial charge >= 0.3 is 0 Å². The lowest BCUT2D eigenvalue weighted by atomic mass is 9.93. The van der Waals surface area contributed by atoms with Crippen LogP contribution in [-0.4, -0.2) is 9.55 Å². The molecule has 0 spiro atoms. The van der Waals surface area contributed by atoms with E-state index in [0.29, 0.717) is 0 Å². The molecule has 0 radical (unpaired) electrons. The maximum Gasteiger partial charge on any atom is 0.143 e. The molecule has 0 fully saturated rings. The molecular formula is C22H27N3. The second-order valence-corrected chi connectivity index (χ2v) is 7.60. The van der Waals surface area contributed by atoms with E-state index in [0.717, 1.165) is 42.5 Å². The molecule has 0 amide bonds. The first kappa shape index (κ1) is 16.2. The van der Waals surface area contributed by atoms with Gasteiger partial charge in [0, 0.05) is 23.3 Å². The number of allylic oxidation sites excluding steroid dienone is 2. The molecule has 1 aliphatic carbocycles. The molecule has 0 bridgehead atoms. The largest absolute Gasteiger partial charge is 0.398 e. The highest BCUT2D eigenvalue weighted by atomic mass is 15.0. The molecule has 0 saturated carbocycles. The highest BCUT2D eigenvalue weighted by molar-refractivity contribution is 6.13. The van der Waals surface area contributed by atoms with Crippen LogP contribution in [-0.2, 0) is 19.4 Å². The zero-order valence-corrected chi connectivity index (χ0v) is 15.5. The fraction of sp³-hybridized carbons (Fsp3) is 0.409. The summed E-state index contributed by atoms with van der Waals surface area (Å²) in [6, 6.07) is 6.68. The quantitative estimate of drug-likeness (QED) is 0.660. The molecule has 0 atom stereocenters. The lowest BCUT2D eigenvalue weighted by Crippen LogP contribution is -2.10. The van der Waals surface area contributed by atoms with Crippen LogP contribution in [0.3, 0.4) is 0 Å². The first-order valence-electron chi connectivity index (χ1n) is 9.39. The molecule has 2 aromatic heterocycles. The van der Waals surface area contributed by atoms with Gasteiger partial charge in [0.25, 0.3) is 0 Å². The lowest BCUT2D eigenvalue weighted by molar-refractivity contribution is 0.668. The molecule has 0 aliphatic heterocycles. The van der Waals surface area contributed by atoms with Crippen molar-refractivity contribution in [3.05, 3.63) is 46.7 Å². The molecule has 130 valence electrons. The summed E-state index contributed by atoms with van der Waals surface area (Å²) in [6.07, 6.45) is 7.90. The number of hydrogen-bond donors (Lipinski definition) is 1. The third-order valence-corrected chi connectivity index (χ3v) is 5.37. The van der Waals surface area contributed by atoms with Crippen LogP contribution in [0.15, 0.2) is 29.8 Å². The Labute approximate surface area is 149 Å². The van der Waals surface area contributed by atoms with E-state index in [1.54, 1.807) is 0 Å². The smallest absolute Gasteiger partial charge is 0.143 e. The monoisotopic (exact) mass is 333 g/mol. The average Bonchev–Trinajstić information content (AvgIpc) is 2.88. The number of hydrogen-bond acceptors (Lipinski definition) is 2. The molecule has 25 heavy (non-hydrogen) atoms. The molecule has 2 heterocycles. The van der Waals surface area contributed by atoms with Gasteiger partial charge in [-0.3, -0.25) is 0 Å². The van der Waals surface area contributed by atoms with E-state index in [1.807, 2.05) is 0 Å². The summed E-state index contributed by atoms with van der Waals surface area (Å²) in [7, 11) is 0. The Bertz CT molecular complexity index is 988. The predicted molar refractivity (Wildman–Crippen MR) is 107 cm³/mol. The number of pyridine rings is 1. The Hall–Kier alpha value is -2.29. The van der Waals surface area contributed by atoms with Crippen LogP contribution < -0.4 is 5.73 Å². The Balaban J connectivity index is 2.00. The number of nitrogen functional groups attached to an aromatic ring is 1. The van der Waals surface area contributed by atoms with E-state index in [9.17, 15) is 0 Å². The van der Waals surface area contributed by atoms with E-state index in [4.69, 9.17) is 10.7 Å². The average molecular weight is 333 g/mol. The number of aryl methyl sites for hydroxylation is 3. The fourth-order valence-electron chi connectivity index (χ4n) is 4.13. The van der Waals surface area contributed by atoms with Crippen LogP contribution in [0.1, 0.15) is 49.9 Å². The topological polar surface area (TPSA) is 43.8 Å². The number of nitrogens with two attached hydrogens (primary N) is 1. The Kier molecular flexibility index (Phi) is 4.03. The lowest BCUT2D eigenvalue weighted by Gasteiger charge is -2.18. The zero-order chi connectivity index (χ0) is 17.6. The first-order valence-corrected chi connectivity index (χ1v) is 9.39. The summed E-state index contributed by atoms with van der Waals surface area (Å²) in [5.74, 6) is 0. The number of benzene rings is 1. The summed E-state index contributed by atoms with van der Waals surface area (Å²) in [5, 5.41) is 2.42. The van der Waals surface area contributed by atoms with Gasteiger partial charge in [-0.15, -0.1) is 0 Å². The van der Waals surface area contributed by atoms with Gasteiger partial charge in [-0.2, -0.15) is 0 Å². The molecule has 3 aromatic rings. The number of aromatic nitrogens is 2. The van der Waals surface area contributed by atoms with Crippen molar-refractivity contribution in [3.8, 4) is 0 Å². The molecule has 3 heteroatoms. The van der Waals surface area contributed by atoms with Gasteiger partial charge in [-0.05, 0) is 70.6 Å². The first-order chi connectivity index (χ1) is 12.1. The van der Waals surface area contributed by atoms with Crippen molar-refractivity contribution < 1.29 is 0 Å². The summed E-state index contributed by atoms with van der Waals surface area (Å²) in [5.41, 5.74) is 15.1. The fourth-order valence-corrected chi connectivity index (χ4v) is 4.13. The van der Waals surface area contributed by atoms with Crippen LogP contribution in [0.25, 0.3) is 21.9 Å². The van der Waals surface area contributed by atoms with Crippen LogP contribution >= 0.6 is 0 Å². The second kappa shape index (κ2) is 6.21. The number of rotatable bonds is 3. The molecular weight excluding hydrogens is 306 g/mol. The maximum absolute atomic E-state index is 6.68. The van der Waals surface area contributed by atoms with Gasteiger partial charge in [-0.1, -0.05) is 23.3 Å². The molecule has 1 aromatic carbocycles. The van der Waals surface area contributed by atoms with Crippen molar-refractivity contribution in [2.45, 2.75) is 59.4 Å². The van der Waals surface area contributed by atoms with Crippen molar-refractivity contribution in [1.82, 2.24) is 9.55 Å². The van der Waals surface area contributed by atoms with Crippen LogP contribution in [0.5, 0.6) is 0 Å². The molecule has 3 nitrogen and oxygen atoms in total. The minimum absolute atomic E-state index is 0.944. The third kappa shape index (κ3) is 2.72. The highest BCUT2D eigenvalue weighted by Crippen LogP contribution is 2.37. The standard InChI is InChI=1S/C22H27N3/c1-14(2)7-6-12-25-19-11-10-15(3)13-17(19)20-21(23)16-8-4-5-9-18(16)24-22(20)25/h7,10-11,13H,4-6,8-9,12H2,1-3H3,(H2,23,24). The van der Waals surface area contributed by atoms with Gasteiger partial charge in [0.2, 0.25) is 0 Å². The normalized spacial score (nSPS) is 14.0. The number of nitrogens with zero attached hydrogens (tertiary/aromatic N) is 2. The van der Waals surface area contributed by atoms with E-state index >= 15 is 0 Å². The summed E-state index contributed by atoms with van der Waals surface area (Å²) in [4.78, 5) is 5.10. The highest BCUT2D eigenvalue weighted by Gasteiger charge is 2.21. The number of anilines is 1. The zero-order valence-electron chi connectivity index (χ0n) is 15.5. The van der Waals surface area contributed by atoms with Gasteiger partial charge in [0.1, 0.15) is 5.65 Å². The Morgan fingerprint density at radius 3 is 2.84 bits per heavy atom. The predicted octanol–water partition coefficient (Wildman–Crippen LogP) is 5.32. The van der Waals surface area contributed by atoms with Gasteiger partial charge in [0.05, 0.1) is 10.9 Å². The SMILES string of the molecule is CC(C)=CCCn1c2ccc(C)cc2c2c(N)c3c(nc21)CCCC3. The van der Waals surface area contributed by atoms with Gasteiger partial charge in [-0.25, -0.2) is 4.98 Å². The van der Waals surface area contributed by atoms with Crippen molar-refractivity contribution >= 4 is 27.6 Å². The summed E-state index contributed by atoms with van der Waals surface area (Å²) in [6.45, 7) is 7.40. The van der Waals surface area contributed by atoms with E-state index in [-0.39, 0.29) is 0 Å². The van der Waals surface area contributed by atoms with Crippen LogP contribution in [0.2, 0.25) is 0 Å². The maximum atomic E-state index is 6.68. The summed E-state index contributed by atoms with van der Waals surface area (Å²) >= 11 is 0. The second-order valence-electron chi connectivity index (χ2n) is 7.60. The molecule has 2 N–H and O–H groups in total. The molecule has 0 unspecified atom stereocenters. The van der Waals surface area contributed by atoms with Gasteiger partial charge in [0.15, 0.2) is 0 Å². The van der Waals surface area contributed by atoms with Crippen molar-refractivity contribution in [2.24, 2.45) is 0 Å². The molecule has 0 saturated heterocycles. The third-order valence-electron chi connectivity index (χ3n) is 5.37. The van der Waals surface area contributed by atoms with E-state index in [1.165, 1.54) is 46.1 Å². The Morgan fingerprint density at radius 1 is 1.24 bits per heavy atom.